The molecular weight excluding hydrogens is 1630 g/mol. The molecule has 0 spiro atoms. The van der Waals surface area contributed by atoms with Crippen molar-refractivity contribution in [2.24, 2.45) is 11.8 Å². The second-order valence-electron chi connectivity index (χ2n) is 32.2. The van der Waals surface area contributed by atoms with Crippen molar-refractivity contribution < 1.29 is 76.4 Å². The predicted molar refractivity (Wildman–Crippen MR) is 482 cm³/mol. The van der Waals surface area contributed by atoms with E-state index in [0.29, 0.717) is 60.7 Å². The highest BCUT2D eigenvalue weighted by Crippen LogP contribution is 2.47. The lowest BCUT2D eigenvalue weighted by Gasteiger charge is -2.26. The highest BCUT2D eigenvalue weighted by molar-refractivity contribution is 8.77. The molecule has 0 radical (unpaired) electrons. The molecule has 7 aromatic rings. The van der Waals surface area contributed by atoms with E-state index in [1.165, 1.54) is 57.4 Å². The van der Waals surface area contributed by atoms with Crippen LogP contribution in [-0.4, -0.2) is 178 Å². The molecule has 0 fully saturated rings. The van der Waals surface area contributed by atoms with Crippen LogP contribution in [-0.2, 0) is 59.2 Å². The molecule has 652 valence electrons. The second kappa shape index (κ2) is 47.9. The summed E-state index contributed by atoms with van der Waals surface area (Å²) >= 11 is 0. The molecule has 2 aliphatic rings. The first-order valence-corrected chi connectivity index (χ1v) is 45.9. The number of unbranched alkanes of at least 4 members (excludes halogenated alkanes) is 2. The maximum absolute atomic E-state index is 15.3. The van der Waals surface area contributed by atoms with Gasteiger partial charge in [0.25, 0.3) is 5.91 Å². The summed E-state index contributed by atoms with van der Waals surface area (Å²) in [5, 5.41) is 25.0. The molecule has 0 aromatic heterocycles. The molecule has 1 unspecified atom stereocenters. The van der Waals surface area contributed by atoms with Crippen molar-refractivity contribution in [3.05, 3.63) is 208 Å². The van der Waals surface area contributed by atoms with Crippen molar-refractivity contribution >= 4 is 108 Å². The molecular formula is C93H115N9O16S4. The molecule has 0 saturated heterocycles. The van der Waals surface area contributed by atoms with Crippen LogP contribution in [0.15, 0.2) is 164 Å². The summed E-state index contributed by atoms with van der Waals surface area (Å²) in [4.78, 5) is 153. The van der Waals surface area contributed by atoms with E-state index in [1.54, 1.807) is 24.3 Å². The summed E-state index contributed by atoms with van der Waals surface area (Å²) in [6, 6.07) is 49.7. The van der Waals surface area contributed by atoms with E-state index in [9.17, 15) is 43.2 Å². The number of fused-ring (bicyclic) bond motifs is 6. The molecule has 5 atom stereocenters. The van der Waals surface area contributed by atoms with Crippen LogP contribution in [0.2, 0.25) is 0 Å². The van der Waals surface area contributed by atoms with Crippen molar-refractivity contribution in [1.29, 1.82) is 0 Å². The number of methoxy groups -OCH3 is 2. The molecule has 7 aromatic carbocycles. The lowest BCUT2D eigenvalue weighted by atomic mass is 9.84. The Balaban J connectivity index is 0.851. The highest BCUT2D eigenvalue weighted by Gasteiger charge is 2.35. The Hall–Kier alpha value is -10.3. The number of nitrogens with one attached hydrogen (secondary N) is 9. The van der Waals surface area contributed by atoms with Crippen molar-refractivity contribution in [2.75, 3.05) is 91.9 Å². The largest absolute Gasteiger partial charge is 0.497 e. The Morgan fingerprint density at radius 2 is 0.959 bits per heavy atom. The topological polar surface area (TPSA) is 342 Å². The Morgan fingerprint density at radius 3 is 1.52 bits per heavy atom. The van der Waals surface area contributed by atoms with E-state index < -0.39 is 109 Å². The number of benzene rings is 7. The summed E-state index contributed by atoms with van der Waals surface area (Å²) in [5.41, 5.74) is 11.7. The lowest BCUT2D eigenvalue weighted by molar-refractivity contribution is -0.133. The minimum absolute atomic E-state index is 0.0332. The van der Waals surface area contributed by atoms with Crippen LogP contribution in [0.5, 0.6) is 17.2 Å². The van der Waals surface area contributed by atoms with Crippen LogP contribution in [0.4, 0.5) is 9.59 Å². The van der Waals surface area contributed by atoms with E-state index in [-0.39, 0.29) is 109 Å². The van der Waals surface area contributed by atoms with E-state index in [0.717, 1.165) is 55.6 Å². The minimum Gasteiger partial charge on any atom is -0.497 e. The zero-order chi connectivity index (χ0) is 87.7. The summed E-state index contributed by atoms with van der Waals surface area (Å²) in [6.07, 6.45) is -0.332. The third-order valence-corrected chi connectivity index (χ3v) is 27.3. The monoisotopic (exact) mass is 1740 g/mol. The average Bonchev–Trinajstić information content (AvgIpc) is 1.64. The van der Waals surface area contributed by atoms with Gasteiger partial charge < -0.3 is 71.5 Å². The Labute approximate surface area is 731 Å². The van der Waals surface area contributed by atoms with Gasteiger partial charge in [-0.1, -0.05) is 236 Å². The van der Waals surface area contributed by atoms with Gasteiger partial charge in [0, 0.05) is 88.7 Å². The zero-order valence-corrected chi connectivity index (χ0v) is 74.4. The van der Waals surface area contributed by atoms with E-state index in [4.69, 9.17) is 23.7 Å². The number of rotatable bonds is 49. The summed E-state index contributed by atoms with van der Waals surface area (Å²) in [5.74, 6) is -6.03. The molecule has 2 aliphatic carbocycles. The van der Waals surface area contributed by atoms with Crippen molar-refractivity contribution in [2.45, 2.75) is 152 Å². The van der Waals surface area contributed by atoms with Gasteiger partial charge in [0.05, 0.1) is 45.8 Å². The molecule has 122 heavy (non-hydrogen) atoms. The average molecular weight is 1740 g/mol. The van der Waals surface area contributed by atoms with Gasteiger partial charge in [0.2, 0.25) is 29.5 Å². The van der Waals surface area contributed by atoms with Crippen LogP contribution in [0.3, 0.4) is 0 Å². The van der Waals surface area contributed by atoms with Gasteiger partial charge in [-0.2, -0.15) is 0 Å². The maximum atomic E-state index is 15.3. The number of hydrogen-bond acceptors (Lipinski definition) is 21. The summed E-state index contributed by atoms with van der Waals surface area (Å²) in [6.45, 7) is 13.0. The number of ketones is 3. The van der Waals surface area contributed by atoms with Gasteiger partial charge in [-0.25, -0.2) is 9.59 Å². The van der Waals surface area contributed by atoms with E-state index >= 15 is 9.59 Å². The number of ether oxygens (including phenoxy) is 5. The first-order valence-electron chi connectivity index (χ1n) is 41.3. The van der Waals surface area contributed by atoms with Gasteiger partial charge in [0.15, 0.2) is 24.0 Å². The van der Waals surface area contributed by atoms with Gasteiger partial charge in [0.1, 0.15) is 43.0 Å². The maximum Gasteiger partial charge on any atom is 0.407 e. The second-order valence-corrected chi connectivity index (χ2v) is 38.5. The lowest BCUT2D eigenvalue weighted by Crippen LogP contribution is -2.52. The smallest absolute Gasteiger partial charge is 0.407 e. The molecule has 0 heterocycles. The third kappa shape index (κ3) is 30.3. The zero-order valence-electron chi connectivity index (χ0n) is 71.1. The molecule has 29 heteroatoms. The van der Waals surface area contributed by atoms with Gasteiger partial charge in [-0.15, -0.1) is 0 Å². The Kier molecular flexibility index (Phi) is 37.5. The summed E-state index contributed by atoms with van der Waals surface area (Å²) < 4.78 is 28.3. The first kappa shape index (κ1) is 95.5. The molecule has 9 N–H and O–H groups in total. The van der Waals surface area contributed by atoms with Gasteiger partial charge >= 0.3 is 12.2 Å². The standard InChI is InChI=1S/C93H115N9O16S4/c1-59-33-35-60(36-34-59)49-96-86(108)56-116-66-39-37-61(38-40-66)77(76-42-41-67(114-9)47-83(76)115-10)48-82(105)80(32-20-21-43-94-8)102-88(110)62(45-64(103)50-97-87(109)63(57-119-121-92(2,3)4)46-65(104)51-99-90(112)117-54-78-72-28-15-11-24-68(72)69-25-12-16-29-73(69)78)23-19-22-44-95-84(106)52-98-89(111)81(58-120-122-93(5,6)7)101-85(107)53-100-91(113)118-55-79-74-30-17-13-26-70(74)71-27-14-18-31-75(71)79/h11-18,24-31,33-42,47,62-63,77-81,94H,19-23,32,43-46,48-58H2,1-10H3,(H,95,106)(H,96,108)(H,97,109)(H,98,111)(H,99,112)(H,100,113)(H,101,107)(H,102,110)/t62-,63+,77?,80+,81+/m1/s1. The molecule has 25 nitrogen and oxygen atoms in total. The SMILES string of the molecule is CNCCCC[C@H](NC(=O)[C@H](CCCCNC(=O)CNC(=O)[C@H](CSSC(C)(C)C)NC(=O)CNC(=O)OCC1c2ccccc2-c2ccccc21)CC(=O)CNC(=O)[C@H](CSSC(C)(C)C)CC(=O)CNC(=O)OCC1c2ccccc2-c2ccccc21)C(=O)CC(c1ccc(OCC(=O)NCc2ccc(C)cc2)cc1)c1ccc(OC)cc1OC. The highest BCUT2D eigenvalue weighted by atomic mass is 33.1. The fraction of sp³-hybridized carbons (Fsp3) is 0.430. The molecule has 9 rings (SSSR count). The van der Waals surface area contributed by atoms with Crippen LogP contribution in [0.1, 0.15) is 162 Å². The van der Waals surface area contributed by atoms with Crippen molar-refractivity contribution in [1.82, 2.24) is 47.9 Å². The number of Topliss-reactive ketones (excluding diaryl/α,β-unsaturated/α-hetero) is 3. The van der Waals surface area contributed by atoms with Gasteiger partial charge in [-0.05, 0) is 126 Å². The fourth-order valence-electron chi connectivity index (χ4n) is 14.3. The number of carbonyl (C=O) groups excluding carboxylic acids is 11. The first-order chi connectivity index (χ1) is 58.6. The predicted octanol–water partition coefficient (Wildman–Crippen LogP) is 13.3. The Bertz CT molecular complexity index is 4640. The van der Waals surface area contributed by atoms with Crippen molar-refractivity contribution in [3.8, 4) is 39.5 Å². The number of carbonyl (C=O) groups is 11. The van der Waals surface area contributed by atoms with E-state index in [1.807, 2.05) is 195 Å². The normalized spacial score (nSPS) is 13.3. The Morgan fingerprint density at radius 1 is 0.451 bits per heavy atom. The number of alkyl carbamates (subject to hydrolysis) is 2. The van der Waals surface area contributed by atoms with Crippen LogP contribution >= 0.6 is 43.2 Å². The van der Waals surface area contributed by atoms with Gasteiger partial charge in [-0.3, -0.25) is 43.2 Å². The number of amides is 8. The number of hydrogen-bond donors (Lipinski definition) is 9. The third-order valence-electron chi connectivity index (χ3n) is 20.5. The van der Waals surface area contributed by atoms with Crippen LogP contribution < -0.4 is 62.1 Å². The van der Waals surface area contributed by atoms with Crippen LogP contribution in [0, 0.1) is 18.8 Å². The quantitative estimate of drug-likeness (QED) is 0.0126. The van der Waals surface area contributed by atoms with Crippen LogP contribution in [0.25, 0.3) is 22.3 Å². The van der Waals surface area contributed by atoms with Crippen molar-refractivity contribution in [3.63, 3.8) is 0 Å². The fourth-order valence-corrected chi connectivity index (χ4v) is 19.4. The molecule has 0 bridgehead atoms. The summed E-state index contributed by atoms with van der Waals surface area (Å²) in [7, 11) is 10.6. The molecule has 8 amide bonds. The number of aryl methyl sites for hydroxylation is 1. The molecule has 0 saturated carbocycles. The van der Waals surface area contributed by atoms with E-state index in [2.05, 4.69) is 47.9 Å². The minimum atomic E-state index is -1.11. The molecule has 0 aliphatic heterocycles.